The predicted octanol–water partition coefficient (Wildman–Crippen LogP) is 1.47. The highest BCUT2D eigenvalue weighted by Gasteiger charge is 2.16. The van der Waals surface area contributed by atoms with E-state index in [0.717, 1.165) is 5.56 Å². The minimum absolute atomic E-state index is 0.0241. The third-order valence-corrected chi connectivity index (χ3v) is 5.38. The van der Waals surface area contributed by atoms with Crippen LogP contribution in [0.25, 0.3) is 0 Å². The Labute approximate surface area is 173 Å². The fraction of sp³-hybridized carbons (Fsp3) is 0.211. The number of hydrogen-bond donors (Lipinski definition) is 2. The zero-order valence-electron chi connectivity index (χ0n) is 15.5. The Morgan fingerprint density at radius 3 is 2.21 bits per heavy atom. The minimum atomic E-state index is -3.85. The van der Waals surface area contributed by atoms with Crippen LogP contribution in [0, 0.1) is 6.92 Å². The van der Waals surface area contributed by atoms with E-state index in [9.17, 15) is 22.8 Å². The van der Waals surface area contributed by atoms with Gasteiger partial charge in [0, 0.05) is 10.6 Å². The van der Waals surface area contributed by atoms with E-state index in [1.165, 1.54) is 36.4 Å². The smallest absolute Gasteiger partial charge is 0.325 e. The van der Waals surface area contributed by atoms with Gasteiger partial charge in [-0.1, -0.05) is 29.3 Å². The van der Waals surface area contributed by atoms with Crippen LogP contribution in [0.3, 0.4) is 0 Å². The van der Waals surface area contributed by atoms with Gasteiger partial charge in [0.25, 0.3) is 0 Å². The molecule has 154 valence electrons. The van der Waals surface area contributed by atoms with E-state index >= 15 is 0 Å². The number of aryl methyl sites for hydroxylation is 1. The van der Waals surface area contributed by atoms with E-state index in [-0.39, 0.29) is 4.90 Å². The molecule has 0 aliphatic carbocycles. The first-order valence-corrected chi connectivity index (χ1v) is 10.3. The molecule has 29 heavy (non-hydrogen) atoms. The molecular weight excluding hydrogens is 420 g/mol. The second kappa shape index (κ2) is 10.1. The van der Waals surface area contributed by atoms with Crippen LogP contribution < -0.4 is 10.0 Å². The molecule has 2 aromatic carbocycles. The van der Waals surface area contributed by atoms with E-state index in [0.29, 0.717) is 10.6 Å². The molecule has 0 heterocycles. The highest BCUT2D eigenvalue weighted by Crippen LogP contribution is 2.10. The molecule has 2 rings (SSSR count). The van der Waals surface area contributed by atoms with Crippen LogP contribution in [0.15, 0.2) is 53.4 Å². The number of esters is 1. The zero-order chi connectivity index (χ0) is 21.4. The molecule has 0 aromatic heterocycles. The van der Waals surface area contributed by atoms with Gasteiger partial charge in [-0.3, -0.25) is 14.4 Å². The molecule has 0 aliphatic rings. The summed E-state index contributed by atoms with van der Waals surface area (Å²) in [7, 11) is -3.85. The molecule has 0 bridgehead atoms. The summed E-state index contributed by atoms with van der Waals surface area (Å²) >= 11 is 5.73. The van der Waals surface area contributed by atoms with Crippen molar-refractivity contribution >= 4 is 39.3 Å². The molecule has 0 saturated carbocycles. The number of ether oxygens (including phenoxy) is 1. The summed E-state index contributed by atoms with van der Waals surface area (Å²) in [5.41, 5.74) is 1.23. The van der Waals surface area contributed by atoms with Crippen molar-refractivity contribution in [2.75, 3.05) is 19.7 Å². The molecule has 2 aromatic rings. The average Bonchev–Trinajstić information content (AvgIpc) is 2.70. The number of carbonyl (C=O) groups excluding carboxylic acids is 3. The molecule has 1 amide bonds. The van der Waals surface area contributed by atoms with Crippen molar-refractivity contribution in [3.8, 4) is 0 Å². The van der Waals surface area contributed by atoms with Crippen molar-refractivity contribution in [1.29, 1.82) is 0 Å². The van der Waals surface area contributed by atoms with Gasteiger partial charge in [-0.2, -0.15) is 0 Å². The highest BCUT2D eigenvalue weighted by atomic mass is 35.5. The van der Waals surface area contributed by atoms with Gasteiger partial charge in [-0.05, 0) is 43.3 Å². The number of amides is 1. The lowest BCUT2D eigenvalue weighted by molar-refractivity contribution is -0.142. The Kier molecular flexibility index (Phi) is 7.89. The lowest BCUT2D eigenvalue weighted by atomic mass is 10.1. The quantitative estimate of drug-likeness (QED) is 0.452. The van der Waals surface area contributed by atoms with Crippen LogP contribution >= 0.6 is 11.6 Å². The number of nitrogens with one attached hydrogen (secondary N) is 2. The second-order valence-corrected chi connectivity index (χ2v) is 8.21. The van der Waals surface area contributed by atoms with Crippen molar-refractivity contribution in [2.24, 2.45) is 0 Å². The van der Waals surface area contributed by atoms with E-state index in [2.05, 4.69) is 10.0 Å². The van der Waals surface area contributed by atoms with Gasteiger partial charge < -0.3 is 10.1 Å². The Morgan fingerprint density at radius 2 is 1.59 bits per heavy atom. The Hall–Kier alpha value is -2.75. The van der Waals surface area contributed by atoms with Crippen LogP contribution in [-0.4, -0.2) is 45.8 Å². The molecule has 0 unspecified atom stereocenters. The molecule has 8 nitrogen and oxygen atoms in total. The maximum absolute atomic E-state index is 12.1. The number of carbonyl (C=O) groups is 3. The SMILES string of the molecule is Cc1ccc(S(=O)(=O)NCC(=O)NCC(=O)OCC(=O)c2ccc(Cl)cc2)cc1. The number of benzene rings is 2. The van der Waals surface area contributed by atoms with E-state index in [1.807, 2.05) is 6.92 Å². The Bertz CT molecular complexity index is 988. The van der Waals surface area contributed by atoms with Crippen molar-refractivity contribution in [2.45, 2.75) is 11.8 Å². The summed E-state index contributed by atoms with van der Waals surface area (Å²) in [5, 5.41) is 2.69. The van der Waals surface area contributed by atoms with Gasteiger partial charge in [-0.15, -0.1) is 0 Å². The molecule has 0 aliphatic heterocycles. The summed E-state index contributed by atoms with van der Waals surface area (Å²) in [6, 6.07) is 12.2. The summed E-state index contributed by atoms with van der Waals surface area (Å²) in [4.78, 5) is 35.3. The van der Waals surface area contributed by atoms with Crippen LogP contribution in [0.2, 0.25) is 5.02 Å². The van der Waals surface area contributed by atoms with Crippen molar-refractivity contribution in [3.05, 3.63) is 64.7 Å². The first kappa shape index (κ1) is 22.5. The molecule has 0 saturated heterocycles. The minimum Gasteiger partial charge on any atom is -0.456 e. The van der Waals surface area contributed by atoms with Gasteiger partial charge in [0.1, 0.15) is 6.54 Å². The fourth-order valence-electron chi connectivity index (χ4n) is 2.11. The molecule has 0 radical (unpaired) electrons. The molecule has 2 N–H and O–H groups in total. The second-order valence-electron chi connectivity index (χ2n) is 6.01. The predicted molar refractivity (Wildman–Crippen MR) is 106 cm³/mol. The number of ketones is 1. The van der Waals surface area contributed by atoms with E-state index in [1.54, 1.807) is 12.1 Å². The van der Waals surface area contributed by atoms with Gasteiger partial charge in [0.2, 0.25) is 15.9 Å². The largest absolute Gasteiger partial charge is 0.456 e. The normalized spacial score (nSPS) is 11.0. The van der Waals surface area contributed by atoms with Crippen LogP contribution in [0.1, 0.15) is 15.9 Å². The lowest BCUT2D eigenvalue weighted by Crippen LogP contribution is -2.39. The van der Waals surface area contributed by atoms with Crippen LogP contribution in [-0.2, 0) is 24.3 Å². The number of rotatable bonds is 9. The van der Waals surface area contributed by atoms with Crippen LogP contribution in [0.4, 0.5) is 0 Å². The van der Waals surface area contributed by atoms with Gasteiger partial charge in [0.05, 0.1) is 11.4 Å². The maximum Gasteiger partial charge on any atom is 0.325 e. The molecule has 10 heteroatoms. The molecule has 0 spiro atoms. The van der Waals surface area contributed by atoms with Crippen molar-refractivity contribution in [3.63, 3.8) is 0 Å². The average molecular weight is 439 g/mol. The first-order valence-electron chi connectivity index (χ1n) is 8.45. The topological polar surface area (TPSA) is 119 Å². The summed E-state index contributed by atoms with van der Waals surface area (Å²) in [5.74, 6) is -1.98. The fourth-order valence-corrected chi connectivity index (χ4v) is 3.22. The highest BCUT2D eigenvalue weighted by molar-refractivity contribution is 7.89. The summed E-state index contributed by atoms with van der Waals surface area (Å²) in [6.07, 6.45) is 0. The summed E-state index contributed by atoms with van der Waals surface area (Å²) in [6.45, 7) is 0.280. The first-order chi connectivity index (χ1) is 13.7. The zero-order valence-corrected chi connectivity index (χ0v) is 17.0. The van der Waals surface area contributed by atoms with Gasteiger partial charge >= 0.3 is 5.97 Å². The Balaban J connectivity index is 1.72. The number of Topliss-reactive ketones (excluding diaryl/α,β-unsaturated/α-hetero) is 1. The number of hydrogen-bond acceptors (Lipinski definition) is 6. The van der Waals surface area contributed by atoms with Crippen molar-refractivity contribution in [1.82, 2.24) is 10.0 Å². The maximum atomic E-state index is 12.1. The van der Waals surface area contributed by atoms with Gasteiger partial charge in [0.15, 0.2) is 12.4 Å². The third kappa shape index (κ3) is 7.30. The summed E-state index contributed by atoms with van der Waals surface area (Å²) < 4.78 is 31.1. The third-order valence-electron chi connectivity index (χ3n) is 3.71. The molecule has 0 atom stereocenters. The molecule has 0 fully saturated rings. The number of sulfonamides is 1. The van der Waals surface area contributed by atoms with E-state index < -0.39 is 47.4 Å². The molecular formula is C19H19ClN2O6S. The van der Waals surface area contributed by atoms with E-state index in [4.69, 9.17) is 16.3 Å². The standard InChI is InChI=1S/C19H19ClN2O6S/c1-13-2-8-16(9-3-13)29(26,27)22-10-18(24)21-11-19(25)28-12-17(23)14-4-6-15(20)7-5-14/h2-9,22H,10-12H2,1H3,(H,21,24). The lowest BCUT2D eigenvalue weighted by Gasteiger charge is -2.08. The van der Waals surface area contributed by atoms with Crippen LogP contribution in [0.5, 0.6) is 0 Å². The van der Waals surface area contributed by atoms with Gasteiger partial charge in [-0.25, -0.2) is 13.1 Å². The monoisotopic (exact) mass is 438 g/mol. The number of halogens is 1. The Morgan fingerprint density at radius 1 is 0.966 bits per heavy atom. The van der Waals surface area contributed by atoms with Crippen molar-refractivity contribution < 1.29 is 27.5 Å².